The summed E-state index contributed by atoms with van der Waals surface area (Å²) in [7, 11) is 0. The number of fused-ring (bicyclic) bond motifs is 8. The Morgan fingerprint density at radius 2 is 0.846 bits per heavy atom. The van der Waals surface area contributed by atoms with Crippen LogP contribution < -0.4 is 0 Å². The van der Waals surface area contributed by atoms with E-state index < -0.39 is 0 Å². The number of hydrogen-bond acceptors (Lipinski definition) is 2. The van der Waals surface area contributed by atoms with Crippen LogP contribution >= 0.6 is 0 Å². The Morgan fingerprint density at radius 1 is 0.327 bits per heavy atom. The maximum Gasteiger partial charge on any atom is 0.160 e. The second-order valence-corrected chi connectivity index (χ2v) is 13.4. The molecule has 242 valence electrons. The fourth-order valence-electron chi connectivity index (χ4n) is 8.10. The van der Waals surface area contributed by atoms with E-state index in [0.717, 1.165) is 39.1 Å². The van der Waals surface area contributed by atoms with Crippen LogP contribution in [0.1, 0.15) is 0 Å². The lowest BCUT2D eigenvalue weighted by molar-refractivity contribution is 1.16. The predicted octanol–water partition coefficient (Wildman–Crippen LogP) is 12.3. The summed E-state index contributed by atoms with van der Waals surface area (Å²) < 4.78 is 4.76. The van der Waals surface area contributed by atoms with Gasteiger partial charge in [-0.05, 0) is 83.6 Å². The molecule has 0 aliphatic carbocycles. The monoisotopic (exact) mass is 662 g/mol. The lowest BCUT2D eigenvalue weighted by Crippen LogP contribution is -1.97. The third kappa shape index (κ3) is 4.34. The molecule has 52 heavy (non-hydrogen) atoms. The van der Waals surface area contributed by atoms with Crippen LogP contribution in [0.25, 0.3) is 99.3 Å². The van der Waals surface area contributed by atoms with E-state index in [9.17, 15) is 0 Å². The molecule has 0 spiro atoms. The molecule has 0 fully saturated rings. The molecule has 0 unspecified atom stereocenters. The van der Waals surface area contributed by atoms with Crippen molar-refractivity contribution in [3.05, 3.63) is 182 Å². The lowest BCUT2D eigenvalue weighted by atomic mass is 10.0. The smallest absolute Gasteiger partial charge is 0.160 e. The van der Waals surface area contributed by atoms with Crippen molar-refractivity contribution in [1.29, 1.82) is 0 Å². The molecule has 0 saturated heterocycles. The van der Waals surface area contributed by atoms with Crippen molar-refractivity contribution in [2.75, 3.05) is 0 Å². The lowest BCUT2D eigenvalue weighted by Gasteiger charge is -2.12. The van der Waals surface area contributed by atoms with Crippen LogP contribution in [-0.2, 0) is 0 Å². The summed E-state index contributed by atoms with van der Waals surface area (Å²) in [5.41, 5.74) is 10.9. The minimum absolute atomic E-state index is 0.714. The molecule has 0 radical (unpaired) electrons. The number of rotatable bonds is 4. The number of para-hydroxylation sites is 4. The van der Waals surface area contributed by atoms with Crippen molar-refractivity contribution >= 4 is 65.3 Å². The third-order valence-electron chi connectivity index (χ3n) is 10.5. The van der Waals surface area contributed by atoms with Gasteiger partial charge in [-0.25, -0.2) is 9.97 Å². The maximum atomic E-state index is 5.20. The minimum atomic E-state index is 0.714. The van der Waals surface area contributed by atoms with Gasteiger partial charge in [-0.2, -0.15) is 0 Å². The topological polar surface area (TPSA) is 35.6 Å². The quantitative estimate of drug-likeness (QED) is 0.188. The van der Waals surface area contributed by atoms with Crippen molar-refractivity contribution < 1.29 is 0 Å². The van der Waals surface area contributed by atoms with E-state index >= 15 is 0 Å². The van der Waals surface area contributed by atoms with E-state index in [2.05, 4.69) is 185 Å². The molecular formula is C48H30N4. The highest BCUT2D eigenvalue weighted by Crippen LogP contribution is 2.37. The van der Waals surface area contributed by atoms with Gasteiger partial charge in [0.2, 0.25) is 0 Å². The number of benzene rings is 8. The maximum absolute atomic E-state index is 5.20. The van der Waals surface area contributed by atoms with Crippen molar-refractivity contribution in [3.63, 3.8) is 0 Å². The van der Waals surface area contributed by atoms with Gasteiger partial charge in [0.05, 0.1) is 33.3 Å². The van der Waals surface area contributed by atoms with Gasteiger partial charge in [0.1, 0.15) is 0 Å². The Hall–Kier alpha value is -7.04. The van der Waals surface area contributed by atoms with Crippen LogP contribution in [0.2, 0.25) is 0 Å². The zero-order valence-corrected chi connectivity index (χ0v) is 28.1. The van der Waals surface area contributed by atoms with Crippen molar-refractivity contribution in [1.82, 2.24) is 19.1 Å². The van der Waals surface area contributed by atoms with Gasteiger partial charge < -0.3 is 9.13 Å². The fraction of sp³-hybridized carbons (Fsp3) is 0. The molecule has 0 atom stereocenters. The van der Waals surface area contributed by atoms with Crippen LogP contribution in [0.15, 0.2) is 182 Å². The number of nitrogens with zero attached hydrogens (tertiary/aromatic N) is 4. The van der Waals surface area contributed by atoms with E-state index in [1.54, 1.807) is 0 Å². The molecule has 0 aliphatic rings. The summed E-state index contributed by atoms with van der Waals surface area (Å²) in [4.78, 5) is 10.2. The first-order valence-electron chi connectivity index (χ1n) is 17.7. The largest absolute Gasteiger partial charge is 0.309 e. The molecule has 0 bridgehead atoms. The normalized spacial score (nSPS) is 11.8. The van der Waals surface area contributed by atoms with Crippen LogP contribution in [0, 0.1) is 0 Å². The van der Waals surface area contributed by atoms with E-state index in [4.69, 9.17) is 9.97 Å². The van der Waals surface area contributed by atoms with Crippen LogP contribution in [0.5, 0.6) is 0 Å². The first-order chi connectivity index (χ1) is 25.8. The van der Waals surface area contributed by atoms with Gasteiger partial charge in [0.15, 0.2) is 5.82 Å². The molecular weight excluding hydrogens is 633 g/mol. The van der Waals surface area contributed by atoms with Crippen molar-refractivity contribution in [2.45, 2.75) is 0 Å². The van der Waals surface area contributed by atoms with Crippen LogP contribution in [-0.4, -0.2) is 19.1 Å². The highest BCUT2D eigenvalue weighted by atomic mass is 15.0. The molecule has 0 amide bonds. The molecule has 0 saturated carbocycles. The Kier molecular flexibility index (Phi) is 6.22. The van der Waals surface area contributed by atoms with Crippen molar-refractivity contribution in [2.24, 2.45) is 0 Å². The molecule has 3 heterocycles. The molecule has 4 heteroatoms. The van der Waals surface area contributed by atoms with E-state index in [0.29, 0.717) is 5.82 Å². The van der Waals surface area contributed by atoms with Gasteiger partial charge in [0, 0.05) is 49.4 Å². The fourth-order valence-corrected chi connectivity index (χ4v) is 8.10. The first-order valence-corrected chi connectivity index (χ1v) is 17.7. The average Bonchev–Trinajstić information content (AvgIpc) is 3.73. The van der Waals surface area contributed by atoms with Crippen molar-refractivity contribution in [3.8, 4) is 34.0 Å². The second-order valence-electron chi connectivity index (χ2n) is 13.4. The van der Waals surface area contributed by atoms with Gasteiger partial charge in [-0.3, -0.25) is 0 Å². The van der Waals surface area contributed by atoms with E-state index in [-0.39, 0.29) is 0 Å². The summed E-state index contributed by atoms with van der Waals surface area (Å²) in [5.74, 6) is 0.714. The molecule has 0 N–H and O–H groups in total. The average molecular weight is 663 g/mol. The summed E-state index contributed by atoms with van der Waals surface area (Å²) in [6, 6.07) is 64.9. The number of aromatic nitrogens is 4. The van der Waals surface area contributed by atoms with Gasteiger partial charge in [-0.15, -0.1) is 0 Å². The predicted molar refractivity (Wildman–Crippen MR) is 217 cm³/mol. The Morgan fingerprint density at radius 3 is 1.56 bits per heavy atom. The van der Waals surface area contributed by atoms with Gasteiger partial charge in [0.25, 0.3) is 0 Å². The van der Waals surface area contributed by atoms with Gasteiger partial charge in [-0.1, -0.05) is 109 Å². The molecule has 8 aromatic carbocycles. The Balaban J connectivity index is 1.04. The molecule has 11 aromatic rings. The minimum Gasteiger partial charge on any atom is -0.309 e. The summed E-state index contributed by atoms with van der Waals surface area (Å²) in [6.45, 7) is 0. The standard InChI is InChI=1S/C48H30N4/c1-2-12-33-29-34(22-21-31(33)11-1)47-40-16-3-7-17-42(40)49-48(50-47)32-23-25-35(26-24-32)51-45-20-10-6-15-39(45)41-30-36(27-28-46(41)51)52-43-18-8-4-13-37(43)38-14-5-9-19-44(38)52/h1-30H. The molecule has 4 nitrogen and oxygen atoms in total. The third-order valence-corrected chi connectivity index (χ3v) is 10.5. The van der Waals surface area contributed by atoms with Gasteiger partial charge >= 0.3 is 0 Å². The zero-order chi connectivity index (χ0) is 34.2. The Labute approximate surface area is 299 Å². The number of hydrogen-bond donors (Lipinski definition) is 0. The highest BCUT2D eigenvalue weighted by molar-refractivity contribution is 6.12. The SMILES string of the molecule is c1ccc2cc(-c3nc(-c4ccc(-n5c6ccccc6c6cc(-n7c8ccccc8c8ccccc87)ccc65)cc4)nc4ccccc34)ccc2c1. The van der Waals surface area contributed by atoms with Crippen LogP contribution in [0.3, 0.4) is 0 Å². The highest BCUT2D eigenvalue weighted by Gasteiger charge is 2.17. The Bertz CT molecular complexity index is 3130. The summed E-state index contributed by atoms with van der Waals surface area (Å²) in [6.07, 6.45) is 0. The summed E-state index contributed by atoms with van der Waals surface area (Å²) >= 11 is 0. The zero-order valence-electron chi connectivity index (χ0n) is 28.1. The second kappa shape index (κ2) is 11.2. The van der Waals surface area contributed by atoms with Crippen LogP contribution in [0.4, 0.5) is 0 Å². The van der Waals surface area contributed by atoms with E-state index in [1.165, 1.54) is 54.4 Å². The molecule has 3 aromatic heterocycles. The molecule has 0 aliphatic heterocycles. The molecule has 11 rings (SSSR count). The first kappa shape index (κ1) is 28.8. The van der Waals surface area contributed by atoms with E-state index in [1.807, 2.05) is 6.07 Å². The summed E-state index contributed by atoms with van der Waals surface area (Å²) in [5, 5.41) is 8.43.